The Morgan fingerprint density at radius 3 is 2.58 bits per heavy atom. The second-order valence-electron chi connectivity index (χ2n) is 5.87. The Bertz CT molecular complexity index is 972. The Morgan fingerprint density at radius 2 is 1.92 bits per heavy atom. The number of carbonyl (C=O) groups excluding carboxylic acids is 1. The average molecular weight is 355 g/mol. The Kier molecular flexibility index (Phi) is 4.48. The fraction of sp³-hybridized carbons (Fsp3) is 0.250. The normalized spacial score (nSPS) is 10.7. The minimum Gasteiger partial charge on any atom is -0.287 e. The van der Waals surface area contributed by atoms with Crippen molar-refractivity contribution >= 4 is 17.5 Å². The van der Waals surface area contributed by atoms with Crippen LogP contribution >= 0.6 is 0 Å². The maximum atomic E-state index is 12.3. The lowest BCUT2D eigenvalue weighted by molar-refractivity contribution is -0.385. The van der Waals surface area contributed by atoms with Crippen molar-refractivity contribution in [1.82, 2.24) is 24.5 Å². The van der Waals surface area contributed by atoms with Crippen LogP contribution < -0.4 is 5.32 Å². The molecule has 0 unspecified atom stereocenters. The molecule has 2 aromatic heterocycles. The molecule has 26 heavy (non-hydrogen) atoms. The van der Waals surface area contributed by atoms with Crippen molar-refractivity contribution in [2.45, 2.75) is 20.4 Å². The highest BCUT2D eigenvalue weighted by atomic mass is 16.6. The third kappa shape index (κ3) is 3.43. The predicted octanol–water partition coefficient (Wildman–Crippen LogP) is 1.84. The van der Waals surface area contributed by atoms with Crippen molar-refractivity contribution in [1.29, 1.82) is 0 Å². The molecule has 1 aromatic carbocycles. The minimum absolute atomic E-state index is 0.0553. The van der Waals surface area contributed by atoms with Gasteiger partial charge in [-0.05, 0) is 19.4 Å². The smallest absolute Gasteiger partial charge is 0.287 e. The van der Waals surface area contributed by atoms with Gasteiger partial charge in [-0.15, -0.1) is 5.10 Å². The molecule has 2 heterocycles. The number of hydrogen-bond acceptors (Lipinski definition) is 6. The zero-order valence-electron chi connectivity index (χ0n) is 14.5. The van der Waals surface area contributed by atoms with E-state index in [1.165, 1.54) is 25.0 Å². The third-order valence-corrected chi connectivity index (χ3v) is 3.93. The second-order valence-corrected chi connectivity index (χ2v) is 5.87. The summed E-state index contributed by atoms with van der Waals surface area (Å²) in [5, 5.41) is 21.7. The van der Waals surface area contributed by atoms with Gasteiger partial charge in [-0.2, -0.15) is 5.10 Å². The summed E-state index contributed by atoms with van der Waals surface area (Å²) in [6, 6.07) is 7.96. The molecular weight excluding hydrogens is 338 g/mol. The summed E-state index contributed by atoms with van der Waals surface area (Å²) in [5.74, 6) is -0.673. The maximum absolute atomic E-state index is 12.3. The molecule has 0 aliphatic rings. The number of aromatic nitrogens is 5. The molecule has 0 radical (unpaired) electrons. The molecule has 0 aliphatic carbocycles. The van der Waals surface area contributed by atoms with Crippen LogP contribution in [0.5, 0.6) is 0 Å². The van der Waals surface area contributed by atoms with Crippen LogP contribution in [-0.4, -0.2) is 35.4 Å². The van der Waals surface area contributed by atoms with Gasteiger partial charge in [0, 0.05) is 7.05 Å². The van der Waals surface area contributed by atoms with Crippen molar-refractivity contribution < 1.29 is 9.72 Å². The molecule has 10 nitrogen and oxygen atoms in total. The van der Waals surface area contributed by atoms with Crippen LogP contribution in [0.4, 0.5) is 11.6 Å². The molecule has 1 N–H and O–H groups in total. The van der Waals surface area contributed by atoms with Gasteiger partial charge < -0.3 is 0 Å². The average Bonchev–Trinajstić information content (AvgIpc) is 3.14. The summed E-state index contributed by atoms with van der Waals surface area (Å²) in [5.41, 5.74) is 1.88. The SMILES string of the molecule is Cc1ccc(Cn2cnc(NC(=O)c3nn(C)c(C)c3[N+](=O)[O-])n2)cc1. The largest absolute Gasteiger partial charge is 0.322 e. The number of benzene rings is 1. The fourth-order valence-corrected chi connectivity index (χ4v) is 2.44. The van der Waals surface area contributed by atoms with Gasteiger partial charge in [0.25, 0.3) is 5.91 Å². The number of hydrogen-bond donors (Lipinski definition) is 1. The van der Waals surface area contributed by atoms with Gasteiger partial charge in [-0.1, -0.05) is 29.8 Å². The first kappa shape index (κ1) is 17.3. The summed E-state index contributed by atoms with van der Waals surface area (Å²) in [7, 11) is 1.54. The van der Waals surface area contributed by atoms with Crippen molar-refractivity contribution in [3.63, 3.8) is 0 Å². The van der Waals surface area contributed by atoms with E-state index < -0.39 is 10.8 Å². The Labute approximate surface area is 148 Å². The maximum Gasteiger partial charge on any atom is 0.322 e. The molecular formula is C16H17N7O3. The summed E-state index contributed by atoms with van der Waals surface area (Å²) >= 11 is 0. The molecule has 0 atom stereocenters. The fourth-order valence-electron chi connectivity index (χ4n) is 2.44. The summed E-state index contributed by atoms with van der Waals surface area (Å²) in [6.45, 7) is 4.02. The molecule has 134 valence electrons. The lowest BCUT2D eigenvalue weighted by Crippen LogP contribution is -2.16. The van der Waals surface area contributed by atoms with Crippen molar-refractivity contribution in [2.24, 2.45) is 7.05 Å². The first-order valence-corrected chi connectivity index (χ1v) is 7.79. The number of amides is 1. The van der Waals surface area contributed by atoms with Gasteiger partial charge in [0.05, 0.1) is 11.5 Å². The molecule has 3 aromatic rings. The standard InChI is InChI=1S/C16H17N7O3/c1-10-4-6-12(7-5-10)8-22-9-17-16(20-22)18-15(24)13-14(23(25)26)11(2)21(3)19-13/h4-7,9H,8H2,1-3H3,(H,18,20,24). The van der Waals surface area contributed by atoms with Crippen LogP contribution in [0, 0.1) is 24.0 Å². The number of nitrogens with one attached hydrogen (secondary N) is 1. The van der Waals surface area contributed by atoms with E-state index in [1.54, 1.807) is 4.68 Å². The van der Waals surface area contributed by atoms with E-state index >= 15 is 0 Å². The first-order valence-electron chi connectivity index (χ1n) is 7.79. The minimum atomic E-state index is -0.728. The summed E-state index contributed by atoms with van der Waals surface area (Å²) in [6.07, 6.45) is 1.48. The molecule has 0 aliphatic heterocycles. The Balaban J connectivity index is 1.75. The zero-order chi connectivity index (χ0) is 18.8. The molecule has 10 heteroatoms. The van der Waals surface area contributed by atoms with E-state index in [1.807, 2.05) is 31.2 Å². The van der Waals surface area contributed by atoms with Crippen LogP contribution in [0.1, 0.15) is 27.3 Å². The van der Waals surface area contributed by atoms with Crippen LogP contribution in [-0.2, 0) is 13.6 Å². The van der Waals surface area contributed by atoms with Crippen molar-refractivity contribution in [3.8, 4) is 0 Å². The number of nitrogens with zero attached hydrogens (tertiary/aromatic N) is 6. The number of aryl methyl sites for hydroxylation is 2. The Hall–Kier alpha value is -3.56. The van der Waals surface area contributed by atoms with Gasteiger partial charge in [-0.3, -0.25) is 24.9 Å². The highest BCUT2D eigenvalue weighted by molar-refractivity contribution is 6.04. The van der Waals surface area contributed by atoms with Gasteiger partial charge in [0.1, 0.15) is 12.0 Å². The van der Waals surface area contributed by atoms with Crippen molar-refractivity contribution in [2.75, 3.05) is 5.32 Å². The van der Waals surface area contributed by atoms with E-state index in [2.05, 4.69) is 20.5 Å². The number of carbonyl (C=O) groups is 1. The first-order chi connectivity index (χ1) is 12.3. The highest BCUT2D eigenvalue weighted by Gasteiger charge is 2.29. The lowest BCUT2D eigenvalue weighted by atomic mass is 10.1. The van der Waals surface area contributed by atoms with E-state index in [-0.39, 0.29) is 23.0 Å². The van der Waals surface area contributed by atoms with E-state index in [4.69, 9.17) is 0 Å². The topological polar surface area (TPSA) is 121 Å². The van der Waals surface area contributed by atoms with Crippen LogP contribution in [0.3, 0.4) is 0 Å². The van der Waals surface area contributed by atoms with E-state index in [0.717, 1.165) is 11.1 Å². The highest BCUT2D eigenvalue weighted by Crippen LogP contribution is 2.22. The molecule has 3 rings (SSSR count). The molecule has 0 saturated heterocycles. The molecule has 1 amide bonds. The van der Waals surface area contributed by atoms with Crippen LogP contribution in [0.2, 0.25) is 0 Å². The zero-order valence-corrected chi connectivity index (χ0v) is 14.5. The number of nitro groups is 1. The third-order valence-electron chi connectivity index (χ3n) is 3.93. The van der Waals surface area contributed by atoms with Crippen molar-refractivity contribution in [3.05, 3.63) is 63.2 Å². The molecule has 0 spiro atoms. The predicted molar refractivity (Wildman–Crippen MR) is 92.9 cm³/mol. The molecule has 0 saturated carbocycles. The van der Waals surface area contributed by atoms with E-state index in [9.17, 15) is 14.9 Å². The van der Waals surface area contributed by atoms with Gasteiger partial charge in [0.15, 0.2) is 0 Å². The van der Waals surface area contributed by atoms with Crippen LogP contribution in [0.25, 0.3) is 0 Å². The monoisotopic (exact) mass is 355 g/mol. The summed E-state index contributed by atoms with van der Waals surface area (Å²) in [4.78, 5) is 26.9. The quantitative estimate of drug-likeness (QED) is 0.550. The van der Waals surface area contributed by atoms with Crippen LogP contribution in [0.15, 0.2) is 30.6 Å². The van der Waals surface area contributed by atoms with Gasteiger partial charge in [-0.25, -0.2) is 9.67 Å². The lowest BCUT2D eigenvalue weighted by Gasteiger charge is -2.01. The Morgan fingerprint density at radius 1 is 1.23 bits per heavy atom. The molecule has 0 fully saturated rings. The van der Waals surface area contributed by atoms with E-state index in [0.29, 0.717) is 6.54 Å². The molecule has 0 bridgehead atoms. The number of anilines is 1. The summed E-state index contributed by atoms with van der Waals surface area (Å²) < 4.78 is 2.86. The second kappa shape index (κ2) is 6.75. The van der Waals surface area contributed by atoms with Gasteiger partial charge in [0.2, 0.25) is 11.6 Å². The number of rotatable bonds is 5. The van der Waals surface area contributed by atoms with Gasteiger partial charge >= 0.3 is 5.69 Å².